The van der Waals surface area contributed by atoms with Gasteiger partial charge in [-0.15, -0.1) is 18.3 Å². The number of aromatic nitrogens is 3. The summed E-state index contributed by atoms with van der Waals surface area (Å²) in [6, 6.07) is 0. The topological polar surface area (TPSA) is 89.2 Å². The SMILES string of the molecule is C=CCN(CC=C)c1nc(N)n(C(=S)N(C)N)n1. The highest BCUT2D eigenvalue weighted by atomic mass is 32.1. The average Bonchev–Trinajstić information content (AvgIpc) is 2.70. The van der Waals surface area contributed by atoms with E-state index in [0.717, 1.165) is 0 Å². The third-order valence-electron chi connectivity index (χ3n) is 2.09. The normalized spacial score (nSPS) is 9.89. The number of thiocarbonyl (C=S) groups is 1. The Morgan fingerprint density at radius 1 is 1.44 bits per heavy atom. The summed E-state index contributed by atoms with van der Waals surface area (Å²) in [4.78, 5) is 6.00. The predicted octanol–water partition coefficient (Wildman–Crippen LogP) is -0.0228. The first kappa shape index (κ1) is 14.1. The van der Waals surface area contributed by atoms with Gasteiger partial charge < -0.3 is 10.6 Å². The zero-order valence-electron chi connectivity index (χ0n) is 10.3. The van der Waals surface area contributed by atoms with Crippen LogP contribution in [-0.4, -0.2) is 45.0 Å². The molecular weight excluding hydrogens is 250 g/mol. The van der Waals surface area contributed by atoms with Gasteiger partial charge in [0.05, 0.1) is 0 Å². The molecule has 1 aromatic heterocycles. The highest BCUT2D eigenvalue weighted by Crippen LogP contribution is 2.11. The summed E-state index contributed by atoms with van der Waals surface area (Å²) in [5.74, 6) is 6.18. The molecule has 0 atom stereocenters. The van der Waals surface area contributed by atoms with Gasteiger partial charge in [-0.05, 0) is 12.2 Å². The Morgan fingerprint density at radius 3 is 2.44 bits per heavy atom. The van der Waals surface area contributed by atoms with Gasteiger partial charge in [0, 0.05) is 20.1 Å². The van der Waals surface area contributed by atoms with Crippen LogP contribution in [0.15, 0.2) is 25.3 Å². The first-order chi connectivity index (χ1) is 8.51. The van der Waals surface area contributed by atoms with Gasteiger partial charge in [0.1, 0.15) is 0 Å². The molecule has 0 aromatic carbocycles. The number of hydrogen-bond acceptors (Lipinski definition) is 6. The number of anilines is 2. The van der Waals surface area contributed by atoms with Gasteiger partial charge in [-0.1, -0.05) is 12.2 Å². The van der Waals surface area contributed by atoms with Gasteiger partial charge in [-0.2, -0.15) is 9.67 Å². The van der Waals surface area contributed by atoms with E-state index in [-0.39, 0.29) is 11.1 Å². The molecule has 0 unspecified atom stereocenters. The number of nitrogens with zero attached hydrogens (tertiary/aromatic N) is 5. The Hall–Kier alpha value is -1.93. The van der Waals surface area contributed by atoms with E-state index < -0.39 is 0 Å². The lowest BCUT2D eigenvalue weighted by atomic mass is 10.5. The predicted molar refractivity (Wildman–Crippen MR) is 77.0 cm³/mol. The summed E-state index contributed by atoms with van der Waals surface area (Å²) in [5.41, 5.74) is 5.75. The molecule has 0 amide bonds. The van der Waals surface area contributed by atoms with Crippen molar-refractivity contribution in [3.05, 3.63) is 25.3 Å². The minimum Gasteiger partial charge on any atom is -0.368 e. The number of hydrogen-bond donors (Lipinski definition) is 2. The molecule has 1 rings (SSSR count). The van der Waals surface area contributed by atoms with Crippen LogP contribution in [0.3, 0.4) is 0 Å². The van der Waals surface area contributed by atoms with Crippen molar-refractivity contribution in [3.8, 4) is 0 Å². The van der Waals surface area contributed by atoms with Crippen LogP contribution in [0.25, 0.3) is 0 Å². The van der Waals surface area contributed by atoms with Crippen molar-refractivity contribution < 1.29 is 0 Å². The average molecular weight is 267 g/mol. The Balaban J connectivity index is 3.04. The minimum absolute atomic E-state index is 0.186. The molecule has 8 heteroatoms. The fourth-order valence-electron chi connectivity index (χ4n) is 1.29. The summed E-state index contributed by atoms with van der Waals surface area (Å²) in [6.45, 7) is 8.52. The molecule has 0 saturated heterocycles. The third-order valence-corrected chi connectivity index (χ3v) is 2.55. The van der Waals surface area contributed by atoms with Crippen LogP contribution in [0.2, 0.25) is 0 Å². The summed E-state index contributed by atoms with van der Waals surface area (Å²) in [7, 11) is 1.61. The Labute approximate surface area is 111 Å². The smallest absolute Gasteiger partial charge is 0.247 e. The second-order valence-electron chi connectivity index (χ2n) is 3.56. The number of nitrogen functional groups attached to an aromatic ring is 1. The summed E-state index contributed by atoms with van der Waals surface area (Å²) < 4.78 is 1.31. The van der Waals surface area contributed by atoms with E-state index in [0.29, 0.717) is 19.0 Å². The van der Waals surface area contributed by atoms with E-state index in [1.807, 2.05) is 4.90 Å². The number of nitrogens with two attached hydrogens (primary N) is 2. The fraction of sp³-hybridized carbons (Fsp3) is 0.300. The molecule has 18 heavy (non-hydrogen) atoms. The monoisotopic (exact) mass is 267 g/mol. The van der Waals surface area contributed by atoms with Gasteiger partial charge in [0.15, 0.2) is 0 Å². The van der Waals surface area contributed by atoms with Crippen LogP contribution < -0.4 is 16.5 Å². The summed E-state index contributed by atoms with van der Waals surface area (Å²) >= 11 is 5.08. The maximum absolute atomic E-state index is 5.75. The van der Waals surface area contributed by atoms with Crippen molar-refractivity contribution in [2.45, 2.75) is 0 Å². The lowest BCUT2D eigenvalue weighted by molar-refractivity contribution is 0.523. The number of hydrazine groups is 1. The molecule has 4 N–H and O–H groups in total. The van der Waals surface area contributed by atoms with E-state index in [4.69, 9.17) is 23.8 Å². The van der Waals surface area contributed by atoms with Crippen molar-refractivity contribution in [1.82, 2.24) is 19.8 Å². The van der Waals surface area contributed by atoms with E-state index >= 15 is 0 Å². The first-order valence-corrected chi connectivity index (χ1v) is 5.64. The molecule has 0 bridgehead atoms. The van der Waals surface area contributed by atoms with Gasteiger partial charge >= 0.3 is 0 Å². The van der Waals surface area contributed by atoms with Crippen LogP contribution in [0.1, 0.15) is 0 Å². The highest BCUT2D eigenvalue weighted by Gasteiger charge is 2.16. The van der Waals surface area contributed by atoms with Crippen LogP contribution in [0.4, 0.5) is 11.9 Å². The molecule has 0 aliphatic heterocycles. The fourth-order valence-corrected chi connectivity index (χ4v) is 1.42. The highest BCUT2D eigenvalue weighted by molar-refractivity contribution is 7.80. The van der Waals surface area contributed by atoms with E-state index in [2.05, 4.69) is 23.2 Å². The largest absolute Gasteiger partial charge is 0.368 e. The van der Waals surface area contributed by atoms with Crippen molar-refractivity contribution in [1.29, 1.82) is 0 Å². The maximum atomic E-state index is 5.75. The molecule has 0 saturated carbocycles. The molecule has 0 aliphatic carbocycles. The van der Waals surface area contributed by atoms with Crippen molar-refractivity contribution >= 4 is 29.2 Å². The van der Waals surface area contributed by atoms with Gasteiger partial charge in [0.2, 0.25) is 17.0 Å². The third kappa shape index (κ3) is 3.05. The Bertz CT molecular complexity index is 441. The van der Waals surface area contributed by atoms with Gasteiger partial charge in [0.25, 0.3) is 0 Å². The maximum Gasteiger partial charge on any atom is 0.247 e. The lowest BCUT2D eigenvalue weighted by Crippen LogP contribution is -2.37. The summed E-state index contributed by atoms with van der Waals surface area (Å²) in [5, 5.41) is 5.73. The molecule has 0 radical (unpaired) electrons. The lowest BCUT2D eigenvalue weighted by Gasteiger charge is -2.16. The Morgan fingerprint density at radius 2 is 2.00 bits per heavy atom. The molecule has 1 heterocycles. The van der Waals surface area contributed by atoms with Gasteiger partial charge in [-0.25, -0.2) is 5.84 Å². The molecule has 7 nitrogen and oxygen atoms in total. The number of rotatable bonds is 5. The molecule has 0 aliphatic rings. The van der Waals surface area contributed by atoms with Crippen LogP contribution in [-0.2, 0) is 0 Å². The zero-order valence-corrected chi connectivity index (χ0v) is 11.1. The Kier molecular flexibility index (Phi) is 4.81. The van der Waals surface area contributed by atoms with E-state index in [1.54, 1.807) is 19.2 Å². The molecular formula is C10H17N7S. The van der Waals surface area contributed by atoms with Gasteiger partial charge in [-0.3, -0.25) is 5.01 Å². The molecule has 0 fully saturated rings. The molecule has 98 valence electrons. The minimum atomic E-state index is 0.186. The quantitative estimate of drug-likeness (QED) is 0.335. The van der Waals surface area contributed by atoms with Crippen molar-refractivity contribution in [2.75, 3.05) is 30.8 Å². The first-order valence-electron chi connectivity index (χ1n) is 5.23. The van der Waals surface area contributed by atoms with Crippen molar-refractivity contribution in [2.24, 2.45) is 5.84 Å². The summed E-state index contributed by atoms with van der Waals surface area (Å²) in [6.07, 6.45) is 3.49. The second kappa shape index (κ2) is 6.12. The van der Waals surface area contributed by atoms with E-state index in [1.165, 1.54) is 9.69 Å². The van der Waals surface area contributed by atoms with Crippen LogP contribution in [0, 0.1) is 0 Å². The second-order valence-corrected chi connectivity index (χ2v) is 3.92. The van der Waals surface area contributed by atoms with Crippen molar-refractivity contribution in [3.63, 3.8) is 0 Å². The molecule has 1 aromatic rings. The van der Waals surface area contributed by atoms with Crippen LogP contribution >= 0.6 is 12.2 Å². The van der Waals surface area contributed by atoms with E-state index in [9.17, 15) is 0 Å². The molecule has 0 spiro atoms. The zero-order chi connectivity index (χ0) is 13.7. The van der Waals surface area contributed by atoms with Crippen LogP contribution in [0.5, 0.6) is 0 Å². The standard InChI is InChI=1S/C10H17N7S/c1-4-6-16(7-5-2)9-13-8(11)17(14-9)10(18)15(3)12/h4-5H,1-2,6-7,12H2,3H3,(H2,11,13,14).